The lowest BCUT2D eigenvalue weighted by Crippen LogP contribution is -2.45. The van der Waals surface area contributed by atoms with Crippen molar-refractivity contribution in [3.63, 3.8) is 0 Å². The standard InChI is InChI=1S/C13H24N4O2S/c1-4-7-14-12-5-8-17(9-6-12)20(18,19)13-10-16(3)11(2)15-13/h10,12,14H,4-9H2,1-3H3. The average Bonchev–Trinajstić information content (AvgIpc) is 2.77. The molecule has 0 atom stereocenters. The number of imidazole rings is 1. The predicted octanol–water partition coefficient (Wildman–Crippen LogP) is 0.881. The molecule has 0 radical (unpaired) electrons. The maximum atomic E-state index is 12.5. The summed E-state index contributed by atoms with van der Waals surface area (Å²) >= 11 is 0. The van der Waals surface area contributed by atoms with Crippen molar-refractivity contribution in [2.75, 3.05) is 19.6 Å². The van der Waals surface area contributed by atoms with Crippen LogP contribution in [0.4, 0.5) is 0 Å². The second kappa shape index (κ2) is 6.24. The fourth-order valence-electron chi connectivity index (χ4n) is 2.43. The molecule has 0 aromatic carbocycles. The zero-order valence-electron chi connectivity index (χ0n) is 12.5. The maximum absolute atomic E-state index is 12.5. The molecule has 1 N–H and O–H groups in total. The van der Waals surface area contributed by atoms with E-state index < -0.39 is 10.0 Å². The van der Waals surface area contributed by atoms with Crippen LogP contribution in [0.2, 0.25) is 0 Å². The van der Waals surface area contributed by atoms with Crippen molar-refractivity contribution >= 4 is 10.0 Å². The van der Waals surface area contributed by atoms with Crippen LogP contribution in [0, 0.1) is 6.92 Å². The van der Waals surface area contributed by atoms with Crippen LogP contribution in [-0.2, 0) is 17.1 Å². The topological polar surface area (TPSA) is 67.2 Å². The van der Waals surface area contributed by atoms with E-state index in [1.165, 1.54) is 0 Å². The third-order valence-corrected chi connectivity index (χ3v) is 5.60. The molecule has 0 saturated carbocycles. The van der Waals surface area contributed by atoms with Crippen LogP contribution < -0.4 is 5.32 Å². The first-order chi connectivity index (χ1) is 9.45. The van der Waals surface area contributed by atoms with Gasteiger partial charge in [-0.2, -0.15) is 4.31 Å². The highest BCUT2D eigenvalue weighted by Gasteiger charge is 2.31. The van der Waals surface area contributed by atoms with Gasteiger partial charge in [0.15, 0.2) is 5.03 Å². The van der Waals surface area contributed by atoms with Crippen LogP contribution in [0.25, 0.3) is 0 Å². The minimum absolute atomic E-state index is 0.164. The van der Waals surface area contributed by atoms with Crippen molar-refractivity contribution in [2.45, 2.75) is 44.2 Å². The molecule has 1 aromatic heterocycles. The summed E-state index contributed by atoms with van der Waals surface area (Å²) in [4.78, 5) is 4.14. The van der Waals surface area contributed by atoms with E-state index in [0.29, 0.717) is 25.0 Å². The number of aromatic nitrogens is 2. The number of aryl methyl sites for hydroxylation is 2. The van der Waals surface area contributed by atoms with Gasteiger partial charge in [-0.3, -0.25) is 0 Å². The summed E-state index contributed by atoms with van der Waals surface area (Å²) in [5, 5.41) is 3.62. The summed E-state index contributed by atoms with van der Waals surface area (Å²) in [6.07, 6.45) is 4.42. The Morgan fingerprint density at radius 1 is 1.40 bits per heavy atom. The molecule has 1 aliphatic rings. The molecule has 114 valence electrons. The monoisotopic (exact) mass is 300 g/mol. The van der Waals surface area contributed by atoms with Crippen LogP contribution in [0.15, 0.2) is 11.2 Å². The Hall–Kier alpha value is -0.920. The number of nitrogens with zero attached hydrogens (tertiary/aromatic N) is 3. The number of rotatable bonds is 5. The Bertz CT molecular complexity index is 525. The first kappa shape index (κ1) is 15.5. The third-order valence-electron chi connectivity index (χ3n) is 3.83. The summed E-state index contributed by atoms with van der Waals surface area (Å²) in [7, 11) is -1.63. The molecule has 0 amide bonds. The van der Waals surface area contributed by atoms with E-state index in [4.69, 9.17) is 0 Å². The third kappa shape index (κ3) is 3.21. The van der Waals surface area contributed by atoms with Gasteiger partial charge in [-0.15, -0.1) is 0 Å². The smallest absolute Gasteiger partial charge is 0.262 e. The van der Waals surface area contributed by atoms with Crippen LogP contribution in [0.1, 0.15) is 32.0 Å². The minimum atomic E-state index is -3.43. The van der Waals surface area contributed by atoms with E-state index in [2.05, 4.69) is 17.2 Å². The number of nitrogens with one attached hydrogen (secondary N) is 1. The Labute approximate surface area is 121 Å². The lowest BCUT2D eigenvalue weighted by molar-refractivity contribution is 0.289. The number of sulfonamides is 1. The fourth-order valence-corrected chi connectivity index (χ4v) is 3.93. The van der Waals surface area contributed by atoms with Crippen LogP contribution in [0.5, 0.6) is 0 Å². The lowest BCUT2D eigenvalue weighted by Gasteiger charge is -2.31. The summed E-state index contributed by atoms with van der Waals surface area (Å²) in [6, 6.07) is 0.437. The Morgan fingerprint density at radius 3 is 2.55 bits per heavy atom. The maximum Gasteiger partial charge on any atom is 0.262 e. The molecule has 1 saturated heterocycles. The molecule has 2 heterocycles. The van der Waals surface area contributed by atoms with Gasteiger partial charge in [0, 0.05) is 32.4 Å². The molecule has 0 unspecified atom stereocenters. The number of hydrogen-bond acceptors (Lipinski definition) is 4. The summed E-state index contributed by atoms with van der Waals surface area (Å²) in [5.74, 6) is 0.711. The van der Waals surface area contributed by atoms with Gasteiger partial charge in [-0.05, 0) is 32.7 Å². The summed E-state index contributed by atoms with van der Waals surface area (Å²) < 4.78 is 28.3. The minimum Gasteiger partial charge on any atom is -0.337 e. The largest absolute Gasteiger partial charge is 0.337 e. The average molecular weight is 300 g/mol. The zero-order chi connectivity index (χ0) is 14.8. The summed E-state index contributed by atoms with van der Waals surface area (Å²) in [5.41, 5.74) is 0. The lowest BCUT2D eigenvalue weighted by atomic mass is 10.1. The van der Waals surface area contributed by atoms with Crippen molar-refractivity contribution in [2.24, 2.45) is 7.05 Å². The molecule has 2 rings (SSSR count). The van der Waals surface area contributed by atoms with E-state index in [1.54, 1.807) is 22.0 Å². The van der Waals surface area contributed by atoms with E-state index in [9.17, 15) is 8.42 Å². The predicted molar refractivity (Wildman–Crippen MR) is 78.0 cm³/mol. The van der Waals surface area contributed by atoms with Crippen molar-refractivity contribution in [3.05, 3.63) is 12.0 Å². The second-order valence-corrected chi connectivity index (χ2v) is 7.25. The van der Waals surface area contributed by atoms with E-state index in [-0.39, 0.29) is 5.03 Å². The molecular formula is C13H24N4O2S. The molecule has 1 aliphatic heterocycles. The van der Waals surface area contributed by atoms with Crippen LogP contribution in [-0.4, -0.2) is 48.0 Å². The highest BCUT2D eigenvalue weighted by atomic mass is 32.2. The van der Waals surface area contributed by atoms with Gasteiger partial charge in [0.2, 0.25) is 0 Å². The molecular weight excluding hydrogens is 276 g/mol. The SMILES string of the molecule is CCCNC1CCN(S(=O)(=O)c2cn(C)c(C)n2)CC1. The Balaban J connectivity index is 2.02. The Morgan fingerprint density at radius 2 is 2.05 bits per heavy atom. The van der Waals surface area contributed by atoms with Gasteiger partial charge in [0.1, 0.15) is 5.82 Å². The molecule has 0 bridgehead atoms. The van der Waals surface area contributed by atoms with Crippen molar-refractivity contribution < 1.29 is 8.42 Å². The van der Waals surface area contributed by atoms with Gasteiger partial charge < -0.3 is 9.88 Å². The fraction of sp³-hybridized carbons (Fsp3) is 0.769. The van der Waals surface area contributed by atoms with Gasteiger partial charge in [0.05, 0.1) is 0 Å². The van der Waals surface area contributed by atoms with Crippen LogP contribution in [0.3, 0.4) is 0 Å². The first-order valence-corrected chi connectivity index (χ1v) is 8.62. The van der Waals surface area contributed by atoms with Crippen molar-refractivity contribution in [1.29, 1.82) is 0 Å². The number of hydrogen-bond donors (Lipinski definition) is 1. The molecule has 7 heteroatoms. The van der Waals surface area contributed by atoms with Gasteiger partial charge in [0.25, 0.3) is 10.0 Å². The zero-order valence-corrected chi connectivity index (χ0v) is 13.3. The van der Waals surface area contributed by atoms with Gasteiger partial charge in [-0.1, -0.05) is 6.92 Å². The molecule has 1 fully saturated rings. The summed E-state index contributed by atoms with van der Waals surface area (Å²) in [6.45, 7) is 6.07. The number of piperidine rings is 1. The van der Waals surface area contributed by atoms with E-state index >= 15 is 0 Å². The van der Waals surface area contributed by atoms with Crippen LogP contribution >= 0.6 is 0 Å². The quantitative estimate of drug-likeness (QED) is 0.876. The highest BCUT2D eigenvalue weighted by molar-refractivity contribution is 7.89. The van der Waals surface area contributed by atoms with Gasteiger partial charge >= 0.3 is 0 Å². The molecule has 1 aromatic rings. The Kier molecular flexibility index (Phi) is 4.82. The molecule has 6 nitrogen and oxygen atoms in total. The van der Waals surface area contributed by atoms with Gasteiger partial charge in [-0.25, -0.2) is 13.4 Å². The molecule has 20 heavy (non-hydrogen) atoms. The van der Waals surface area contributed by atoms with Crippen molar-refractivity contribution in [1.82, 2.24) is 19.2 Å². The molecule has 0 aliphatic carbocycles. The normalized spacial score (nSPS) is 18.6. The van der Waals surface area contributed by atoms with E-state index in [0.717, 1.165) is 25.8 Å². The molecule has 0 spiro atoms. The van der Waals surface area contributed by atoms with E-state index in [1.807, 2.05) is 7.05 Å². The van der Waals surface area contributed by atoms with Crippen molar-refractivity contribution in [3.8, 4) is 0 Å². The highest BCUT2D eigenvalue weighted by Crippen LogP contribution is 2.20. The first-order valence-electron chi connectivity index (χ1n) is 7.18. The second-order valence-electron chi connectivity index (χ2n) is 5.37.